The van der Waals surface area contributed by atoms with Crippen LogP contribution < -0.4 is 10.5 Å². The van der Waals surface area contributed by atoms with Crippen LogP contribution in [-0.2, 0) is 11.2 Å². The van der Waals surface area contributed by atoms with Crippen LogP contribution in [0.15, 0.2) is 71.8 Å². The first-order valence-corrected chi connectivity index (χ1v) is 13.8. The number of hydrogen-bond donors (Lipinski definition) is 2. The van der Waals surface area contributed by atoms with Crippen LogP contribution in [-0.4, -0.2) is 61.0 Å². The van der Waals surface area contributed by atoms with Crippen LogP contribution >= 0.6 is 11.6 Å². The topological polar surface area (TPSA) is 155 Å². The lowest BCUT2D eigenvalue weighted by Crippen LogP contribution is -2.32. The Bertz CT molecular complexity index is 1920. The smallest absolute Gasteiger partial charge is 0.411 e. The summed E-state index contributed by atoms with van der Waals surface area (Å²) in [5.41, 5.74) is 5.01. The number of anilines is 1. The molecule has 0 fully saturated rings. The van der Waals surface area contributed by atoms with Gasteiger partial charge in [-0.25, -0.2) is 14.5 Å². The van der Waals surface area contributed by atoms with E-state index in [2.05, 4.69) is 20.3 Å². The molecule has 2 aromatic carbocycles. The van der Waals surface area contributed by atoms with E-state index in [4.69, 9.17) is 21.6 Å². The van der Waals surface area contributed by atoms with Crippen molar-refractivity contribution in [3.8, 4) is 34.1 Å². The summed E-state index contributed by atoms with van der Waals surface area (Å²) in [6.07, 6.45) is 3.54. The third kappa shape index (κ3) is 5.39. The minimum Gasteiger partial charge on any atom is -0.465 e. The zero-order chi connectivity index (χ0) is 30.1. The first-order chi connectivity index (χ1) is 20.9. The van der Waals surface area contributed by atoms with Gasteiger partial charge in [0.1, 0.15) is 11.9 Å². The van der Waals surface area contributed by atoms with Crippen LogP contribution in [0.5, 0.6) is 0 Å². The van der Waals surface area contributed by atoms with Gasteiger partial charge in [0.2, 0.25) is 0 Å². The number of pyridine rings is 1. The molecule has 6 rings (SSSR count). The average molecular weight is 597 g/mol. The molecule has 1 aliphatic heterocycles. The lowest BCUT2D eigenvalue weighted by atomic mass is 10.0. The third-order valence-corrected chi connectivity index (χ3v) is 7.64. The maximum absolute atomic E-state index is 13.5. The molecule has 4 heterocycles. The number of aromatic nitrogens is 6. The summed E-state index contributed by atoms with van der Waals surface area (Å²) in [5, 5.41) is 27.1. The Balaban J connectivity index is 1.28. The number of methoxy groups -OCH3 is 1. The standard InChI is InChI=1S/C30H25ClN8O4/c1-43-11-10-37(30(41)42)22-5-2-18(3-6-22)25-16-33-29(34-25)27-9-7-23-12-19(13-28(40)39(23)27)24-14-20(31)4-8-26(24)38-17-21(15-32)35-36-38/h2-6,8,12-14,16-17,27H,7,9-11H2,1H3,(H,33,34)(H,41,42)/t27-/m0/s1. The largest absolute Gasteiger partial charge is 0.465 e. The van der Waals surface area contributed by atoms with Gasteiger partial charge in [-0.3, -0.25) is 9.69 Å². The number of fused-ring (bicyclic) bond motifs is 1. The number of ether oxygens (including phenoxy) is 1. The van der Waals surface area contributed by atoms with E-state index in [1.807, 2.05) is 24.3 Å². The Morgan fingerprint density at radius 2 is 2.02 bits per heavy atom. The molecule has 5 aromatic rings. The Hall–Kier alpha value is -5.25. The molecule has 1 atom stereocenters. The predicted octanol–water partition coefficient (Wildman–Crippen LogP) is 4.68. The predicted molar refractivity (Wildman–Crippen MR) is 159 cm³/mol. The van der Waals surface area contributed by atoms with Crippen LogP contribution in [0.1, 0.15) is 29.7 Å². The molecule has 0 saturated heterocycles. The fraction of sp³-hybridized carbons (Fsp3) is 0.200. The van der Waals surface area contributed by atoms with Crippen molar-refractivity contribution in [3.63, 3.8) is 0 Å². The summed E-state index contributed by atoms with van der Waals surface area (Å²) in [6.45, 7) is 0.505. The molecule has 0 radical (unpaired) electrons. The first kappa shape index (κ1) is 27.9. The summed E-state index contributed by atoms with van der Waals surface area (Å²) >= 11 is 6.33. The normalized spacial score (nSPS) is 13.9. The lowest BCUT2D eigenvalue weighted by molar-refractivity contribution is 0.186. The second-order valence-corrected chi connectivity index (χ2v) is 10.4. The first-order valence-electron chi connectivity index (χ1n) is 13.4. The monoisotopic (exact) mass is 596 g/mol. The van der Waals surface area contributed by atoms with E-state index in [0.29, 0.717) is 46.2 Å². The molecule has 0 saturated carbocycles. The Kier molecular flexibility index (Phi) is 7.50. The van der Waals surface area contributed by atoms with Gasteiger partial charge < -0.3 is 19.4 Å². The van der Waals surface area contributed by atoms with Gasteiger partial charge in [-0.2, -0.15) is 5.26 Å². The number of nitrogens with one attached hydrogen (secondary N) is 1. The van der Waals surface area contributed by atoms with Crippen molar-refractivity contribution in [2.24, 2.45) is 0 Å². The zero-order valence-electron chi connectivity index (χ0n) is 22.9. The van der Waals surface area contributed by atoms with E-state index in [1.54, 1.807) is 47.2 Å². The fourth-order valence-electron chi connectivity index (χ4n) is 5.37. The molecule has 1 aliphatic rings. The van der Waals surface area contributed by atoms with E-state index < -0.39 is 6.09 Å². The minimum absolute atomic E-state index is 0.177. The van der Waals surface area contributed by atoms with Gasteiger partial charge in [0.05, 0.1) is 43.0 Å². The third-order valence-electron chi connectivity index (χ3n) is 7.41. The van der Waals surface area contributed by atoms with E-state index in [9.17, 15) is 14.7 Å². The molecule has 0 aliphatic carbocycles. The summed E-state index contributed by atoms with van der Waals surface area (Å²) in [7, 11) is 1.53. The van der Waals surface area contributed by atoms with Crippen molar-refractivity contribution < 1.29 is 14.6 Å². The minimum atomic E-state index is -1.06. The summed E-state index contributed by atoms with van der Waals surface area (Å²) in [4.78, 5) is 34.4. The average Bonchev–Trinajstić information content (AvgIpc) is 3.77. The van der Waals surface area contributed by atoms with Crippen molar-refractivity contribution >= 4 is 23.4 Å². The van der Waals surface area contributed by atoms with Crippen LogP contribution in [0.25, 0.3) is 28.1 Å². The number of imidazole rings is 1. The molecule has 3 aromatic heterocycles. The summed E-state index contributed by atoms with van der Waals surface area (Å²) < 4.78 is 8.27. The van der Waals surface area contributed by atoms with Gasteiger partial charge in [0.15, 0.2) is 5.69 Å². The molecular weight excluding hydrogens is 572 g/mol. The number of amides is 1. The number of nitriles is 1. The van der Waals surface area contributed by atoms with Crippen molar-refractivity contribution in [2.75, 3.05) is 25.2 Å². The van der Waals surface area contributed by atoms with Crippen LogP contribution in [0, 0.1) is 11.3 Å². The number of carbonyl (C=O) groups is 1. The van der Waals surface area contributed by atoms with Crippen molar-refractivity contribution in [2.45, 2.75) is 18.9 Å². The quantitative estimate of drug-likeness (QED) is 0.262. The van der Waals surface area contributed by atoms with Crippen LogP contribution in [0.2, 0.25) is 5.02 Å². The number of halogens is 1. The molecular formula is C30H25ClN8O4. The number of aryl methyl sites for hydroxylation is 1. The number of hydrogen-bond acceptors (Lipinski definition) is 7. The van der Waals surface area contributed by atoms with Crippen LogP contribution in [0.3, 0.4) is 0 Å². The van der Waals surface area contributed by atoms with Crippen molar-refractivity contribution in [3.05, 3.63) is 99.6 Å². The maximum Gasteiger partial charge on any atom is 0.411 e. The second kappa shape index (κ2) is 11.6. The van der Waals surface area contributed by atoms with Gasteiger partial charge >= 0.3 is 6.09 Å². The Morgan fingerprint density at radius 1 is 1.21 bits per heavy atom. The van der Waals surface area contributed by atoms with E-state index in [0.717, 1.165) is 17.0 Å². The number of nitrogens with zero attached hydrogens (tertiary/aromatic N) is 7. The maximum atomic E-state index is 13.5. The molecule has 0 unspecified atom stereocenters. The summed E-state index contributed by atoms with van der Waals surface area (Å²) in [5.74, 6) is 0.662. The molecule has 0 bridgehead atoms. The van der Waals surface area contributed by atoms with Gasteiger partial charge in [0.25, 0.3) is 5.56 Å². The van der Waals surface area contributed by atoms with Gasteiger partial charge in [-0.05, 0) is 60.4 Å². The molecule has 0 spiro atoms. The molecule has 216 valence electrons. The number of benzene rings is 2. The molecule has 1 amide bonds. The molecule has 2 N–H and O–H groups in total. The fourth-order valence-corrected chi connectivity index (χ4v) is 5.54. The number of aromatic amines is 1. The Morgan fingerprint density at radius 3 is 2.74 bits per heavy atom. The highest BCUT2D eigenvalue weighted by Gasteiger charge is 2.28. The molecule has 13 heteroatoms. The van der Waals surface area contributed by atoms with Crippen LogP contribution in [0.4, 0.5) is 10.5 Å². The van der Waals surface area contributed by atoms with Gasteiger partial charge in [0, 0.05) is 35.1 Å². The number of H-pyrrole nitrogens is 1. The highest BCUT2D eigenvalue weighted by atomic mass is 35.5. The SMILES string of the molecule is COCCN(C(=O)O)c1ccc(-c2cnc([C@@H]3CCc4cc(-c5cc(Cl)ccc5-n5cc(C#N)nn5)cc(=O)n43)[nH]2)cc1. The number of carboxylic acid groups (broad SMARTS) is 1. The molecule has 12 nitrogen and oxygen atoms in total. The van der Waals surface area contributed by atoms with E-state index in [1.165, 1.54) is 22.9 Å². The van der Waals surface area contributed by atoms with Crippen molar-refractivity contribution in [1.82, 2.24) is 29.5 Å². The van der Waals surface area contributed by atoms with E-state index >= 15 is 0 Å². The highest BCUT2D eigenvalue weighted by Crippen LogP contribution is 2.34. The summed E-state index contributed by atoms with van der Waals surface area (Å²) in [6, 6.07) is 17.6. The number of rotatable bonds is 8. The Labute approximate surface area is 250 Å². The van der Waals surface area contributed by atoms with Gasteiger partial charge in [-0.1, -0.05) is 28.9 Å². The second-order valence-electron chi connectivity index (χ2n) is 9.98. The zero-order valence-corrected chi connectivity index (χ0v) is 23.7. The van der Waals surface area contributed by atoms with Gasteiger partial charge in [-0.15, -0.1) is 5.10 Å². The van der Waals surface area contributed by atoms with Crippen molar-refractivity contribution in [1.29, 1.82) is 5.26 Å². The van der Waals surface area contributed by atoms with E-state index in [-0.39, 0.29) is 30.4 Å². The molecule has 43 heavy (non-hydrogen) atoms. The lowest BCUT2D eigenvalue weighted by Gasteiger charge is -2.19. The highest BCUT2D eigenvalue weighted by molar-refractivity contribution is 6.31.